The Morgan fingerprint density at radius 3 is 2.28 bits per heavy atom. The monoisotopic (exact) mass is 385 g/mol. The zero-order chi connectivity index (χ0) is 17.9. The number of benzene rings is 1. The van der Waals surface area contributed by atoms with Gasteiger partial charge >= 0.3 is 0 Å². The molecule has 0 N–H and O–H groups in total. The van der Waals surface area contributed by atoms with Crippen molar-refractivity contribution in [3.63, 3.8) is 0 Å². The van der Waals surface area contributed by atoms with E-state index < -0.39 is 20.9 Å². The van der Waals surface area contributed by atoms with Gasteiger partial charge in [0.25, 0.3) is 0 Å². The highest BCUT2D eigenvalue weighted by Gasteiger charge is 2.32. The van der Waals surface area contributed by atoms with Crippen molar-refractivity contribution in [1.29, 1.82) is 0 Å². The van der Waals surface area contributed by atoms with Gasteiger partial charge in [0.2, 0.25) is 5.91 Å². The van der Waals surface area contributed by atoms with Gasteiger partial charge in [-0.15, -0.1) is 11.8 Å². The van der Waals surface area contributed by atoms with Crippen LogP contribution in [0.1, 0.15) is 38.5 Å². The molecule has 0 radical (unpaired) electrons. The smallest absolute Gasteiger partial charge is 0.232 e. The van der Waals surface area contributed by atoms with E-state index in [9.17, 15) is 17.6 Å². The number of carbonyl (C=O) groups is 1. The SMILES string of the molecule is O=C(CSC1CCCC1)N1CCC(S(=O)(=O)c2ccc(F)cc2)CC1. The van der Waals surface area contributed by atoms with Crippen LogP contribution >= 0.6 is 11.8 Å². The number of thioether (sulfide) groups is 1. The maximum Gasteiger partial charge on any atom is 0.232 e. The van der Waals surface area contributed by atoms with Crippen molar-refractivity contribution < 1.29 is 17.6 Å². The number of carbonyl (C=O) groups excluding carboxylic acids is 1. The first kappa shape index (κ1) is 18.7. The Morgan fingerprint density at radius 1 is 1.08 bits per heavy atom. The zero-order valence-corrected chi connectivity index (χ0v) is 15.8. The van der Waals surface area contributed by atoms with Gasteiger partial charge in [0.15, 0.2) is 9.84 Å². The molecule has 3 rings (SSSR count). The summed E-state index contributed by atoms with van der Waals surface area (Å²) in [6, 6.07) is 4.98. The molecule has 1 aliphatic carbocycles. The topological polar surface area (TPSA) is 54.5 Å². The Hall–Kier alpha value is -1.08. The predicted octanol–water partition coefficient (Wildman–Crippen LogP) is 3.27. The van der Waals surface area contributed by atoms with Gasteiger partial charge < -0.3 is 4.90 Å². The molecule has 0 unspecified atom stereocenters. The van der Waals surface area contributed by atoms with Crippen LogP contribution in [-0.4, -0.2) is 48.6 Å². The Bertz CT molecular complexity index is 692. The number of amides is 1. The fourth-order valence-corrected chi connectivity index (χ4v) is 6.53. The lowest BCUT2D eigenvalue weighted by Crippen LogP contribution is -2.43. The summed E-state index contributed by atoms with van der Waals surface area (Å²) in [6.45, 7) is 0.963. The lowest BCUT2D eigenvalue weighted by molar-refractivity contribution is -0.129. The predicted molar refractivity (Wildman–Crippen MR) is 97.9 cm³/mol. The molecule has 1 aromatic carbocycles. The Balaban J connectivity index is 1.52. The lowest BCUT2D eigenvalue weighted by atomic mass is 10.1. The van der Waals surface area contributed by atoms with Crippen molar-refractivity contribution in [2.45, 2.75) is 53.9 Å². The summed E-state index contributed by atoms with van der Waals surface area (Å²) in [6.07, 6.45) is 5.82. The highest BCUT2D eigenvalue weighted by atomic mass is 32.2. The second kappa shape index (κ2) is 8.08. The number of nitrogens with zero attached hydrogens (tertiary/aromatic N) is 1. The summed E-state index contributed by atoms with van der Waals surface area (Å²) in [4.78, 5) is 14.3. The van der Waals surface area contributed by atoms with Crippen LogP contribution < -0.4 is 0 Å². The standard InChI is InChI=1S/C18H24FNO3S2/c19-14-5-7-16(8-6-14)25(22,23)17-9-11-20(12-10-17)18(21)13-24-15-3-1-2-4-15/h5-8,15,17H,1-4,9-13H2. The molecule has 1 aromatic rings. The highest BCUT2D eigenvalue weighted by molar-refractivity contribution is 8.00. The van der Waals surface area contributed by atoms with Crippen molar-refractivity contribution >= 4 is 27.5 Å². The van der Waals surface area contributed by atoms with Gasteiger partial charge in [0, 0.05) is 18.3 Å². The van der Waals surface area contributed by atoms with Gasteiger partial charge in [0.1, 0.15) is 5.82 Å². The quantitative estimate of drug-likeness (QED) is 0.730. The summed E-state index contributed by atoms with van der Waals surface area (Å²) in [5.74, 6) is 0.175. The minimum absolute atomic E-state index is 0.120. The zero-order valence-electron chi connectivity index (χ0n) is 14.2. The van der Waals surface area contributed by atoms with Crippen LogP contribution in [0.3, 0.4) is 0 Å². The van der Waals surface area contributed by atoms with Gasteiger partial charge in [-0.3, -0.25) is 4.79 Å². The number of likely N-dealkylation sites (tertiary alicyclic amines) is 1. The van der Waals surface area contributed by atoms with Crippen molar-refractivity contribution in [2.24, 2.45) is 0 Å². The molecule has 0 spiro atoms. The third-order valence-corrected chi connectivity index (χ3v) is 8.76. The molecule has 1 saturated carbocycles. The number of hydrogen-bond donors (Lipinski definition) is 0. The van der Waals surface area contributed by atoms with Crippen LogP contribution in [0.2, 0.25) is 0 Å². The van der Waals surface area contributed by atoms with Gasteiger partial charge in [-0.25, -0.2) is 12.8 Å². The minimum Gasteiger partial charge on any atom is -0.342 e. The number of sulfone groups is 1. The maximum atomic E-state index is 13.0. The van der Waals surface area contributed by atoms with E-state index in [0.29, 0.717) is 36.9 Å². The van der Waals surface area contributed by atoms with Crippen molar-refractivity contribution in [1.82, 2.24) is 4.90 Å². The van der Waals surface area contributed by atoms with Gasteiger partial charge in [-0.2, -0.15) is 0 Å². The molecule has 0 atom stereocenters. The highest BCUT2D eigenvalue weighted by Crippen LogP contribution is 2.30. The average molecular weight is 386 g/mol. The summed E-state index contributed by atoms with van der Waals surface area (Å²) in [7, 11) is -3.46. The Labute approximate surface area is 153 Å². The van der Waals surface area contributed by atoms with Gasteiger partial charge in [0.05, 0.1) is 15.9 Å². The Morgan fingerprint density at radius 2 is 1.68 bits per heavy atom. The maximum absolute atomic E-state index is 13.0. The van der Waals surface area contributed by atoms with Crippen LogP contribution in [-0.2, 0) is 14.6 Å². The molecule has 1 saturated heterocycles. The van der Waals surface area contributed by atoms with Crippen LogP contribution in [0.15, 0.2) is 29.2 Å². The second-order valence-electron chi connectivity index (χ2n) is 6.80. The third kappa shape index (κ3) is 4.56. The van der Waals surface area contributed by atoms with E-state index in [0.717, 1.165) is 0 Å². The van der Waals surface area contributed by atoms with Crippen LogP contribution in [0.25, 0.3) is 0 Å². The molecule has 1 heterocycles. The fourth-order valence-electron chi connectivity index (χ4n) is 3.57. The largest absolute Gasteiger partial charge is 0.342 e. The number of hydrogen-bond acceptors (Lipinski definition) is 4. The first-order valence-electron chi connectivity index (χ1n) is 8.85. The first-order chi connectivity index (χ1) is 12.0. The van der Waals surface area contributed by atoms with E-state index in [1.807, 2.05) is 0 Å². The average Bonchev–Trinajstić information content (AvgIpc) is 3.14. The first-order valence-corrected chi connectivity index (χ1v) is 11.4. The van der Waals surface area contributed by atoms with Crippen molar-refractivity contribution in [3.8, 4) is 0 Å². The molecule has 138 valence electrons. The summed E-state index contributed by atoms with van der Waals surface area (Å²) < 4.78 is 38.3. The van der Waals surface area contributed by atoms with E-state index in [4.69, 9.17) is 0 Å². The molecule has 1 amide bonds. The van der Waals surface area contributed by atoms with Crippen LogP contribution in [0, 0.1) is 5.82 Å². The van der Waals surface area contributed by atoms with E-state index in [2.05, 4.69) is 0 Å². The normalized spacial score (nSPS) is 20.1. The van der Waals surface area contributed by atoms with E-state index >= 15 is 0 Å². The summed E-state index contributed by atoms with van der Waals surface area (Å²) in [5.41, 5.74) is 0. The molecule has 0 aromatic heterocycles. The molecular weight excluding hydrogens is 361 g/mol. The van der Waals surface area contributed by atoms with Gasteiger partial charge in [-0.05, 0) is 49.9 Å². The molecule has 7 heteroatoms. The summed E-state index contributed by atoms with van der Waals surface area (Å²) >= 11 is 1.75. The molecule has 2 aliphatic rings. The number of piperidine rings is 1. The molecular formula is C18H24FNO3S2. The van der Waals surface area contributed by atoms with E-state index in [1.54, 1.807) is 16.7 Å². The molecule has 0 bridgehead atoms. The Kier molecular flexibility index (Phi) is 6.04. The van der Waals surface area contributed by atoms with Crippen LogP contribution in [0.4, 0.5) is 4.39 Å². The second-order valence-corrected chi connectivity index (χ2v) is 10.3. The number of rotatable bonds is 5. The molecule has 2 fully saturated rings. The molecule has 1 aliphatic heterocycles. The van der Waals surface area contributed by atoms with Crippen molar-refractivity contribution in [2.75, 3.05) is 18.8 Å². The molecule has 25 heavy (non-hydrogen) atoms. The summed E-state index contributed by atoms with van der Waals surface area (Å²) in [5, 5.41) is 0.116. The van der Waals surface area contributed by atoms with E-state index in [1.165, 1.54) is 49.9 Å². The third-order valence-electron chi connectivity index (χ3n) is 5.12. The van der Waals surface area contributed by atoms with Crippen molar-refractivity contribution in [3.05, 3.63) is 30.1 Å². The van der Waals surface area contributed by atoms with Gasteiger partial charge in [-0.1, -0.05) is 12.8 Å². The van der Waals surface area contributed by atoms with Crippen LogP contribution in [0.5, 0.6) is 0 Å². The molecule has 4 nitrogen and oxygen atoms in total. The lowest BCUT2D eigenvalue weighted by Gasteiger charge is -2.32. The minimum atomic E-state index is -3.46. The van der Waals surface area contributed by atoms with E-state index in [-0.39, 0.29) is 10.8 Å². The number of halogens is 1. The fraction of sp³-hybridized carbons (Fsp3) is 0.611.